The van der Waals surface area contributed by atoms with E-state index in [0.717, 1.165) is 34.8 Å². The second kappa shape index (κ2) is 5.16. The normalized spacial score (nSPS) is 14.7. The summed E-state index contributed by atoms with van der Waals surface area (Å²) in [4.78, 5) is 13.7. The highest BCUT2D eigenvalue weighted by Gasteiger charge is 2.20. The van der Waals surface area contributed by atoms with Crippen molar-refractivity contribution in [1.82, 2.24) is 20.3 Å². The third kappa shape index (κ3) is 2.80. The van der Waals surface area contributed by atoms with Crippen LogP contribution >= 0.6 is 11.3 Å². The fourth-order valence-corrected chi connectivity index (χ4v) is 3.14. The molecule has 1 saturated carbocycles. The van der Waals surface area contributed by atoms with Crippen molar-refractivity contribution in [1.29, 1.82) is 0 Å². The molecule has 0 amide bonds. The monoisotopic (exact) mass is 296 g/mol. The maximum Gasteiger partial charge on any atom is 0.161 e. The van der Waals surface area contributed by atoms with Gasteiger partial charge in [0, 0.05) is 30.0 Å². The number of hydrogen-bond donors (Lipinski definition) is 1. The molecule has 3 aromatic rings. The first-order chi connectivity index (χ1) is 10.3. The van der Waals surface area contributed by atoms with Gasteiger partial charge in [0.05, 0.1) is 15.9 Å². The molecule has 3 aromatic heterocycles. The van der Waals surface area contributed by atoms with Gasteiger partial charge >= 0.3 is 0 Å². The third-order valence-corrected chi connectivity index (χ3v) is 4.47. The smallest absolute Gasteiger partial charge is 0.161 e. The molecule has 0 aromatic carbocycles. The Bertz CT molecular complexity index is 792. The minimum atomic E-state index is 0.688. The Hall–Kier alpha value is -1.85. The molecule has 3 heterocycles. The Kier molecular flexibility index (Phi) is 3.16. The van der Waals surface area contributed by atoms with Crippen LogP contribution in [0.2, 0.25) is 0 Å². The van der Waals surface area contributed by atoms with Gasteiger partial charge in [-0.1, -0.05) is 0 Å². The van der Waals surface area contributed by atoms with E-state index in [4.69, 9.17) is 0 Å². The van der Waals surface area contributed by atoms with Crippen molar-refractivity contribution in [3.05, 3.63) is 41.2 Å². The van der Waals surface area contributed by atoms with E-state index in [-0.39, 0.29) is 0 Å². The molecule has 0 unspecified atom stereocenters. The van der Waals surface area contributed by atoms with Crippen LogP contribution in [0.1, 0.15) is 24.2 Å². The number of fused-ring (bicyclic) bond motifs is 1. The molecule has 1 aliphatic carbocycles. The van der Waals surface area contributed by atoms with Gasteiger partial charge in [-0.25, -0.2) is 9.97 Å². The second-order valence-corrected chi connectivity index (χ2v) is 6.46. The molecule has 4 rings (SSSR count). The van der Waals surface area contributed by atoms with Crippen LogP contribution < -0.4 is 5.32 Å². The number of aromatic nitrogens is 3. The van der Waals surface area contributed by atoms with Crippen molar-refractivity contribution in [2.24, 2.45) is 0 Å². The zero-order valence-electron chi connectivity index (χ0n) is 11.8. The van der Waals surface area contributed by atoms with E-state index in [2.05, 4.69) is 37.8 Å². The number of nitrogens with one attached hydrogen (secondary N) is 1. The van der Waals surface area contributed by atoms with Crippen molar-refractivity contribution < 1.29 is 0 Å². The molecule has 5 heteroatoms. The highest BCUT2D eigenvalue weighted by Crippen LogP contribution is 2.24. The van der Waals surface area contributed by atoms with Crippen LogP contribution in [-0.2, 0) is 6.54 Å². The van der Waals surface area contributed by atoms with Gasteiger partial charge in [0.25, 0.3) is 0 Å². The van der Waals surface area contributed by atoms with E-state index >= 15 is 0 Å². The van der Waals surface area contributed by atoms with Gasteiger partial charge in [0.1, 0.15) is 0 Å². The highest BCUT2D eigenvalue weighted by molar-refractivity contribution is 7.17. The Morgan fingerprint density at radius 1 is 1.29 bits per heavy atom. The Morgan fingerprint density at radius 2 is 2.19 bits per heavy atom. The minimum absolute atomic E-state index is 0.688. The molecule has 0 bridgehead atoms. The van der Waals surface area contributed by atoms with Crippen LogP contribution in [0.5, 0.6) is 0 Å². The zero-order chi connectivity index (χ0) is 14.2. The first-order valence-corrected chi connectivity index (χ1v) is 8.07. The first-order valence-electron chi connectivity index (χ1n) is 7.19. The fraction of sp³-hybridized carbons (Fsp3) is 0.312. The minimum Gasteiger partial charge on any atom is -0.308 e. The number of pyridine rings is 1. The van der Waals surface area contributed by atoms with Crippen LogP contribution in [0.25, 0.3) is 21.6 Å². The molecule has 106 valence electrons. The van der Waals surface area contributed by atoms with Crippen LogP contribution in [0.4, 0.5) is 0 Å². The molecule has 1 fully saturated rings. The number of aryl methyl sites for hydroxylation is 1. The van der Waals surface area contributed by atoms with Gasteiger partial charge in [-0.05, 0) is 43.3 Å². The summed E-state index contributed by atoms with van der Waals surface area (Å²) in [5.41, 5.74) is 4.07. The van der Waals surface area contributed by atoms with Gasteiger partial charge in [0.15, 0.2) is 5.82 Å². The Morgan fingerprint density at radius 3 is 3.05 bits per heavy atom. The lowest BCUT2D eigenvalue weighted by Gasteiger charge is -2.07. The number of rotatable bonds is 4. The molecule has 0 aliphatic heterocycles. The molecule has 1 aliphatic rings. The molecule has 0 spiro atoms. The van der Waals surface area contributed by atoms with Crippen molar-refractivity contribution >= 4 is 21.6 Å². The summed E-state index contributed by atoms with van der Waals surface area (Å²) in [6.07, 6.45) is 4.44. The summed E-state index contributed by atoms with van der Waals surface area (Å²) in [5, 5.41) is 5.56. The summed E-state index contributed by atoms with van der Waals surface area (Å²) in [6.45, 7) is 2.83. The largest absolute Gasteiger partial charge is 0.308 e. The van der Waals surface area contributed by atoms with E-state index in [1.807, 2.05) is 19.2 Å². The van der Waals surface area contributed by atoms with Crippen LogP contribution in [-0.4, -0.2) is 21.0 Å². The van der Waals surface area contributed by atoms with Crippen molar-refractivity contribution in [2.45, 2.75) is 32.4 Å². The summed E-state index contributed by atoms with van der Waals surface area (Å²) >= 11 is 1.70. The third-order valence-electron chi connectivity index (χ3n) is 3.62. The standard InChI is InChI=1S/C16H16N4S/c1-10-6-13(9-17-12-2-3-12)20-16(19-10)11-7-15-14(18-8-11)4-5-21-15/h4-8,12,17H,2-3,9H2,1H3. The van der Waals surface area contributed by atoms with Crippen molar-refractivity contribution in [2.75, 3.05) is 0 Å². The van der Waals surface area contributed by atoms with Gasteiger partial charge in [0.2, 0.25) is 0 Å². The number of nitrogens with zero attached hydrogens (tertiary/aromatic N) is 3. The lowest BCUT2D eigenvalue weighted by atomic mass is 10.2. The number of thiophene rings is 1. The van der Waals surface area contributed by atoms with Gasteiger partial charge in [-0.15, -0.1) is 11.3 Å². The summed E-state index contributed by atoms with van der Waals surface area (Å²) in [6, 6.07) is 6.90. The van der Waals surface area contributed by atoms with Gasteiger partial charge in [-0.2, -0.15) is 0 Å². The van der Waals surface area contributed by atoms with E-state index < -0.39 is 0 Å². The average molecular weight is 296 g/mol. The van der Waals surface area contributed by atoms with Crippen LogP contribution in [0.3, 0.4) is 0 Å². The molecule has 0 radical (unpaired) electrons. The predicted octanol–water partition coefficient (Wildman–Crippen LogP) is 3.31. The second-order valence-electron chi connectivity index (χ2n) is 5.51. The van der Waals surface area contributed by atoms with E-state index in [1.54, 1.807) is 11.3 Å². The Labute approximate surface area is 127 Å². The van der Waals surface area contributed by atoms with E-state index in [0.29, 0.717) is 6.04 Å². The lowest BCUT2D eigenvalue weighted by Crippen LogP contribution is -2.16. The fourth-order valence-electron chi connectivity index (χ4n) is 2.36. The molecular formula is C16H16N4S. The van der Waals surface area contributed by atoms with Crippen molar-refractivity contribution in [3.8, 4) is 11.4 Å². The molecule has 0 atom stereocenters. The Balaban J connectivity index is 1.68. The van der Waals surface area contributed by atoms with E-state index in [9.17, 15) is 0 Å². The quantitative estimate of drug-likeness (QED) is 0.802. The average Bonchev–Trinajstić information content (AvgIpc) is 3.20. The van der Waals surface area contributed by atoms with Gasteiger partial charge < -0.3 is 5.32 Å². The first kappa shape index (κ1) is 12.9. The molecule has 1 N–H and O–H groups in total. The highest BCUT2D eigenvalue weighted by atomic mass is 32.1. The number of hydrogen-bond acceptors (Lipinski definition) is 5. The SMILES string of the molecule is Cc1cc(CNC2CC2)nc(-c2cnc3ccsc3c2)n1. The summed E-state index contributed by atoms with van der Waals surface area (Å²) in [5.74, 6) is 0.769. The van der Waals surface area contributed by atoms with E-state index in [1.165, 1.54) is 17.5 Å². The molecular weight excluding hydrogens is 280 g/mol. The van der Waals surface area contributed by atoms with Crippen LogP contribution in [0, 0.1) is 6.92 Å². The zero-order valence-corrected chi connectivity index (χ0v) is 12.7. The molecule has 0 saturated heterocycles. The topological polar surface area (TPSA) is 50.7 Å². The van der Waals surface area contributed by atoms with Crippen LogP contribution in [0.15, 0.2) is 29.8 Å². The summed E-state index contributed by atoms with van der Waals surface area (Å²) < 4.78 is 1.18. The maximum absolute atomic E-state index is 4.69. The van der Waals surface area contributed by atoms with Crippen molar-refractivity contribution in [3.63, 3.8) is 0 Å². The predicted molar refractivity (Wildman–Crippen MR) is 85.2 cm³/mol. The lowest BCUT2D eigenvalue weighted by molar-refractivity contribution is 0.672. The summed E-state index contributed by atoms with van der Waals surface area (Å²) in [7, 11) is 0. The molecule has 21 heavy (non-hydrogen) atoms. The maximum atomic E-state index is 4.69. The molecule has 4 nitrogen and oxygen atoms in total. The van der Waals surface area contributed by atoms with Gasteiger partial charge in [-0.3, -0.25) is 4.98 Å².